The zero-order valence-corrected chi connectivity index (χ0v) is 13.0. The van der Waals surface area contributed by atoms with Gasteiger partial charge in [0.15, 0.2) is 0 Å². The smallest absolute Gasteiger partial charge is 0.414 e. The molecule has 5 nitrogen and oxygen atoms in total. The quantitative estimate of drug-likeness (QED) is 0.863. The van der Waals surface area contributed by atoms with Gasteiger partial charge in [0.05, 0.1) is 5.69 Å². The van der Waals surface area contributed by atoms with Gasteiger partial charge >= 0.3 is 6.09 Å². The highest BCUT2D eigenvalue weighted by Gasteiger charge is 2.27. The highest BCUT2D eigenvalue weighted by Crippen LogP contribution is 2.30. The average molecular weight is 290 g/mol. The summed E-state index contributed by atoms with van der Waals surface area (Å²) >= 11 is 0. The molecule has 0 saturated carbocycles. The number of ether oxygens (including phenoxy) is 1. The van der Waals surface area contributed by atoms with Crippen molar-refractivity contribution in [3.05, 3.63) is 23.8 Å². The molecule has 0 atom stereocenters. The minimum Gasteiger partial charge on any atom is -0.443 e. The van der Waals surface area contributed by atoms with Crippen LogP contribution in [0.4, 0.5) is 16.2 Å². The van der Waals surface area contributed by atoms with Crippen LogP contribution >= 0.6 is 0 Å². The van der Waals surface area contributed by atoms with Gasteiger partial charge in [0.1, 0.15) is 5.60 Å². The van der Waals surface area contributed by atoms with Crippen molar-refractivity contribution in [1.29, 1.82) is 0 Å². The van der Waals surface area contributed by atoms with E-state index in [1.807, 2.05) is 39.0 Å². The fourth-order valence-corrected chi connectivity index (χ4v) is 2.38. The van der Waals surface area contributed by atoms with Crippen LogP contribution in [0.15, 0.2) is 18.2 Å². The molecule has 2 rings (SSSR count). The van der Waals surface area contributed by atoms with Gasteiger partial charge in [-0.3, -0.25) is 9.69 Å². The maximum Gasteiger partial charge on any atom is 0.414 e. The molecular formula is C16H22N2O3. The summed E-state index contributed by atoms with van der Waals surface area (Å²) in [5, 5.41) is 2.76. The monoisotopic (exact) mass is 290 g/mol. The lowest BCUT2D eigenvalue weighted by Gasteiger charge is -2.32. The van der Waals surface area contributed by atoms with Gasteiger partial charge in [0.2, 0.25) is 5.91 Å². The van der Waals surface area contributed by atoms with E-state index in [0.717, 1.165) is 29.8 Å². The zero-order valence-electron chi connectivity index (χ0n) is 13.0. The maximum absolute atomic E-state index is 12.3. The van der Waals surface area contributed by atoms with E-state index in [1.54, 1.807) is 4.90 Å². The third-order valence-corrected chi connectivity index (χ3v) is 3.13. The lowest BCUT2D eigenvalue weighted by atomic mass is 10.0. The van der Waals surface area contributed by atoms with Crippen LogP contribution < -0.4 is 10.2 Å². The standard InChI is InChI=1S/C16H22N2O3/c1-11(19)17-13-7-8-14-12(10-13)6-5-9-18(14)15(20)21-16(2,3)4/h7-8,10H,5-6,9H2,1-4H3,(H,17,19). The highest BCUT2D eigenvalue weighted by molar-refractivity contribution is 5.92. The third kappa shape index (κ3) is 3.97. The average Bonchev–Trinajstić information content (AvgIpc) is 2.34. The molecule has 0 aliphatic carbocycles. The van der Waals surface area contributed by atoms with Crippen LogP contribution in [0.1, 0.15) is 39.7 Å². The second kappa shape index (κ2) is 5.76. The Balaban J connectivity index is 2.23. The lowest BCUT2D eigenvalue weighted by molar-refractivity contribution is -0.114. The predicted molar refractivity (Wildman–Crippen MR) is 82.6 cm³/mol. The Labute approximate surface area is 125 Å². The molecule has 5 heteroatoms. The molecule has 0 unspecified atom stereocenters. The fourth-order valence-electron chi connectivity index (χ4n) is 2.38. The van der Waals surface area contributed by atoms with E-state index in [2.05, 4.69) is 5.32 Å². The van der Waals surface area contributed by atoms with Gasteiger partial charge in [0.25, 0.3) is 0 Å². The molecule has 21 heavy (non-hydrogen) atoms. The maximum atomic E-state index is 12.3. The molecular weight excluding hydrogens is 268 g/mol. The largest absolute Gasteiger partial charge is 0.443 e. The summed E-state index contributed by atoms with van der Waals surface area (Å²) in [5.74, 6) is -0.102. The van der Waals surface area contributed by atoms with Crippen molar-refractivity contribution in [1.82, 2.24) is 0 Å². The summed E-state index contributed by atoms with van der Waals surface area (Å²) in [6, 6.07) is 5.60. The van der Waals surface area contributed by atoms with Gasteiger partial charge in [0, 0.05) is 19.2 Å². The number of rotatable bonds is 1. The molecule has 0 saturated heterocycles. The van der Waals surface area contributed by atoms with Crippen molar-refractivity contribution in [2.45, 2.75) is 46.1 Å². The molecule has 2 amide bonds. The molecule has 0 bridgehead atoms. The van der Waals surface area contributed by atoms with E-state index in [1.165, 1.54) is 6.92 Å². The summed E-state index contributed by atoms with van der Waals surface area (Å²) < 4.78 is 5.45. The van der Waals surface area contributed by atoms with E-state index in [-0.39, 0.29) is 12.0 Å². The van der Waals surface area contributed by atoms with E-state index in [0.29, 0.717) is 6.54 Å². The van der Waals surface area contributed by atoms with Gasteiger partial charge in [-0.2, -0.15) is 0 Å². The first-order chi connectivity index (χ1) is 9.76. The number of carbonyl (C=O) groups excluding carboxylic acids is 2. The topological polar surface area (TPSA) is 58.6 Å². The van der Waals surface area contributed by atoms with Crippen molar-refractivity contribution in [3.8, 4) is 0 Å². The van der Waals surface area contributed by atoms with E-state index in [4.69, 9.17) is 4.74 Å². The van der Waals surface area contributed by atoms with Crippen LogP contribution in [0.2, 0.25) is 0 Å². The Morgan fingerprint density at radius 2 is 2.00 bits per heavy atom. The third-order valence-electron chi connectivity index (χ3n) is 3.13. The fraction of sp³-hybridized carbons (Fsp3) is 0.500. The van der Waals surface area contributed by atoms with Gasteiger partial charge < -0.3 is 10.1 Å². The summed E-state index contributed by atoms with van der Waals surface area (Å²) in [7, 11) is 0. The van der Waals surface area contributed by atoms with Gasteiger partial charge in [-0.05, 0) is 57.4 Å². The number of carbonyl (C=O) groups is 2. The normalized spacial score (nSPS) is 14.4. The Morgan fingerprint density at radius 3 is 2.62 bits per heavy atom. The molecule has 114 valence electrons. The van der Waals surface area contributed by atoms with Gasteiger partial charge in [-0.25, -0.2) is 4.79 Å². The zero-order chi connectivity index (χ0) is 15.6. The summed E-state index contributed by atoms with van der Waals surface area (Å²) in [6.45, 7) is 7.70. The molecule has 0 radical (unpaired) electrons. The number of nitrogens with zero attached hydrogens (tertiary/aromatic N) is 1. The minimum absolute atomic E-state index is 0.102. The van der Waals surface area contributed by atoms with E-state index < -0.39 is 5.60 Å². The van der Waals surface area contributed by atoms with Crippen molar-refractivity contribution < 1.29 is 14.3 Å². The molecule has 1 aliphatic rings. The molecule has 1 aromatic rings. The summed E-state index contributed by atoms with van der Waals surface area (Å²) in [5.41, 5.74) is 2.17. The number of fused-ring (bicyclic) bond motifs is 1. The Kier molecular flexibility index (Phi) is 4.21. The van der Waals surface area contributed by atoms with Gasteiger partial charge in [-0.15, -0.1) is 0 Å². The first kappa shape index (κ1) is 15.4. The van der Waals surface area contributed by atoms with Crippen molar-refractivity contribution >= 4 is 23.4 Å². The second-order valence-corrected chi connectivity index (χ2v) is 6.26. The van der Waals surface area contributed by atoms with Crippen LogP contribution in [-0.2, 0) is 16.0 Å². The van der Waals surface area contributed by atoms with E-state index in [9.17, 15) is 9.59 Å². The molecule has 1 heterocycles. The number of hydrogen-bond acceptors (Lipinski definition) is 3. The predicted octanol–water partition coefficient (Wildman–Crippen LogP) is 3.33. The Hall–Kier alpha value is -2.04. The minimum atomic E-state index is -0.509. The van der Waals surface area contributed by atoms with E-state index >= 15 is 0 Å². The first-order valence-corrected chi connectivity index (χ1v) is 7.17. The summed E-state index contributed by atoms with van der Waals surface area (Å²) in [4.78, 5) is 25.1. The lowest BCUT2D eigenvalue weighted by Crippen LogP contribution is -2.39. The van der Waals surface area contributed by atoms with Crippen LogP contribution in [0.25, 0.3) is 0 Å². The van der Waals surface area contributed by atoms with Crippen LogP contribution in [0, 0.1) is 0 Å². The van der Waals surface area contributed by atoms with Crippen molar-refractivity contribution in [2.24, 2.45) is 0 Å². The van der Waals surface area contributed by atoms with Crippen LogP contribution in [-0.4, -0.2) is 24.1 Å². The molecule has 1 aromatic carbocycles. The molecule has 1 aliphatic heterocycles. The SMILES string of the molecule is CC(=O)Nc1ccc2c(c1)CCCN2C(=O)OC(C)(C)C. The molecule has 0 spiro atoms. The van der Waals surface area contributed by atoms with Crippen molar-refractivity contribution in [3.63, 3.8) is 0 Å². The molecule has 0 aromatic heterocycles. The number of aryl methyl sites for hydroxylation is 1. The van der Waals surface area contributed by atoms with Crippen LogP contribution in [0.3, 0.4) is 0 Å². The van der Waals surface area contributed by atoms with Gasteiger partial charge in [-0.1, -0.05) is 0 Å². The van der Waals surface area contributed by atoms with Crippen molar-refractivity contribution in [2.75, 3.05) is 16.8 Å². The Bertz CT molecular complexity index is 561. The second-order valence-electron chi connectivity index (χ2n) is 6.26. The number of benzene rings is 1. The number of hydrogen-bond donors (Lipinski definition) is 1. The summed E-state index contributed by atoms with van der Waals surface area (Å²) in [6.07, 6.45) is 1.45. The highest BCUT2D eigenvalue weighted by atomic mass is 16.6. The number of amides is 2. The molecule has 0 fully saturated rings. The number of nitrogens with one attached hydrogen (secondary N) is 1. The molecule has 1 N–H and O–H groups in total. The first-order valence-electron chi connectivity index (χ1n) is 7.17. The Morgan fingerprint density at radius 1 is 1.29 bits per heavy atom. The van der Waals surface area contributed by atoms with Crippen LogP contribution in [0.5, 0.6) is 0 Å². The number of anilines is 2.